The topological polar surface area (TPSA) is 80.4 Å². The maximum Gasteiger partial charge on any atom is 0.310 e. The highest BCUT2D eigenvalue weighted by atomic mass is 16.6. The van der Waals surface area contributed by atoms with Gasteiger partial charge in [0.25, 0.3) is 0 Å². The number of carbonyl (C=O) groups is 1. The molecule has 1 aromatic rings. The average molecular weight is 195 g/mol. The van der Waals surface area contributed by atoms with Gasteiger partial charge in [0.05, 0.1) is 4.92 Å². The SMILES string of the molecule is CC(=O)Cc1ccc(O)c([N+](=O)[O-])c1. The molecule has 74 valence electrons. The Kier molecular flexibility index (Phi) is 2.81. The maximum absolute atomic E-state index is 10.7. The van der Waals surface area contributed by atoms with E-state index in [4.69, 9.17) is 5.11 Å². The van der Waals surface area contributed by atoms with Crippen molar-refractivity contribution in [3.8, 4) is 5.75 Å². The standard InChI is InChI=1S/C9H9NO4/c1-6(11)4-7-2-3-9(12)8(5-7)10(13)14/h2-3,5,12H,4H2,1H3. The number of ketones is 1. The molecule has 0 spiro atoms. The van der Waals surface area contributed by atoms with E-state index in [2.05, 4.69) is 0 Å². The molecular formula is C9H9NO4. The lowest BCUT2D eigenvalue weighted by Crippen LogP contribution is -1.97. The number of nitro benzene ring substituents is 1. The molecular weight excluding hydrogens is 186 g/mol. The van der Waals surface area contributed by atoms with Gasteiger partial charge in [-0.2, -0.15) is 0 Å². The quantitative estimate of drug-likeness (QED) is 0.584. The molecule has 0 aromatic heterocycles. The van der Waals surface area contributed by atoms with Crippen LogP contribution < -0.4 is 0 Å². The summed E-state index contributed by atoms with van der Waals surface area (Å²) >= 11 is 0. The molecule has 1 N–H and O–H groups in total. The molecule has 5 nitrogen and oxygen atoms in total. The lowest BCUT2D eigenvalue weighted by molar-refractivity contribution is -0.385. The van der Waals surface area contributed by atoms with E-state index in [1.807, 2.05) is 0 Å². The summed E-state index contributed by atoms with van der Waals surface area (Å²) in [4.78, 5) is 20.5. The number of phenols is 1. The van der Waals surface area contributed by atoms with Crippen molar-refractivity contribution in [3.05, 3.63) is 33.9 Å². The molecule has 0 radical (unpaired) electrons. The van der Waals surface area contributed by atoms with Gasteiger partial charge in [0.1, 0.15) is 5.78 Å². The van der Waals surface area contributed by atoms with Crippen molar-refractivity contribution < 1.29 is 14.8 Å². The lowest BCUT2D eigenvalue weighted by atomic mass is 10.1. The van der Waals surface area contributed by atoms with Crippen LogP contribution in [0.1, 0.15) is 12.5 Å². The molecule has 14 heavy (non-hydrogen) atoms. The van der Waals surface area contributed by atoms with Gasteiger partial charge in [0.15, 0.2) is 5.75 Å². The predicted molar refractivity (Wildman–Crippen MR) is 49.1 cm³/mol. The zero-order valence-electron chi connectivity index (χ0n) is 7.56. The third kappa shape index (κ3) is 2.29. The number of phenolic OH excluding ortho intramolecular Hbond substituents is 1. The molecule has 0 saturated heterocycles. The molecule has 0 unspecified atom stereocenters. The van der Waals surface area contributed by atoms with E-state index in [-0.39, 0.29) is 23.6 Å². The van der Waals surface area contributed by atoms with Gasteiger partial charge < -0.3 is 5.11 Å². The number of rotatable bonds is 3. The second-order valence-corrected chi connectivity index (χ2v) is 2.96. The molecule has 5 heteroatoms. The molecule has 0 saturated carbocycles. The van der Waals surface area contributed by atoms with Crippen molar-refractivity contribution in [3.63, 3.8) is 0 Å². The Labute approximate surface area is 80.1 Å². The number of nitro groups is 1. The lowest BCUT2D eigenvalue weighted by Gasteiger charge is -1.99. The zero-order valence-corrected chi connectivity index (χ0v) is 7.56. The van der Waals surface area contributed by atoms with E-state index in [0.717, 1.165) is 0 Å². The van der Waals surface area contributed by atoms with Gasteiger partial charge in [-0.1, -0.05) is 6.07 Å². The number of carbonyl (C=O) groups excluding carboxylic acids is 1. The van der Waals surface area contributed by atoms with Crippen molar-refractivity contribution in [2.45, 2.75) is 13.3 Å². The number of hydrogen-bond acceptors (Lipinski definition) is 4. The van der Waals surface area contributed by atoms with Crippen LogP contribution in [0.4, 0.5) is 5.69 Å². The zero-order chi connectivity index (χ0) is 10.7. The Morgan fingerprint density at radius 2 is 2.21 bits per heavy atom. The van der Waals surface area contributed by atoms with E-state index >= 15 is 0 Å². The van der Waals surface area contributed by atoms with E-state index < -0.39 is 4.92 Å². The first-order chi connectivity index (χ1) is 6.50. The maximum atomic E-state index is 10.7. The van der Waals surface area contributed by atoms with Crippen LogP contribution in [0.2, 0.25) is 0 Å². The number of hydrogen-bond donors (Lipinski definition) is 1. The van der Waals surface area contributed by atoms with Crippen LogP contribution in [0.3, 0.4) is 0 Å². The first-order valence-electron chi connectivity index (χ1n) is 3.96. The van der Waals surface area contributed by atoms with E-state index in [9.17, 15) is 14.9 Å². The average Bonchev–Trinajstić information content (AvgIpc) is 2.07. The van der Waals surface area contributed by atoms with Crippen molar-refractivity contribution in [2.24, 2.45) is 0 Å². The summed E-state index contributed by atoms with van der Waals surface area (Å²) in [5.74, 6) is -0.465. The van der Waals surface area contributed by atoms with Gasteiger partial charge in [0.2, 0.25) is 0 Å². The Hall–Kier alpha value is -1.91. The predicted octanol–water partition coefficient (Wildman–Crippen LogP) is 1.43. The van der Waals surface area contributed by atoms with Crippen LogP contribution in [0.5, 0.6) is 5.75 Å². The summed E-state index contributed by atoms with van der Waals surface area (Å²) in [6.07, 6.45) is 0.140. The molecule has 0 aliphatic carbocycles. The number of Topliss-reactive ketones (excluding diaryl/α,β-unsaturated/α-hetero) is 1. The Morgan fingerprint density at radius 1 is 1.57 bits per heavy atom. The first-order valence-corrected chi connectivity index (χ1v) is 3.96. The van der Waals surface area contributed by atoms with Crippen LogP contribution in [0, 0.1) is 10.1 Å². The van der Waals surface area contributed by atoms with Crippen molar-refractivity contribution >= 4 is 11.5 Å². The van der Waals surface area contributed by atoms with Crippen molar-refractivity contribution in [1.82, 2.24) is 0 Å². The molecule has 0 fully saturated rings. The summed E-state index contributed by atoms with van der Waals surface area (Å²) in [5, 5.41) is 19.5. The smallest absolute Gasteiger partial charge is 0.310 e. The molecule has 0 atom stereocenters. The Bertz CT molecular complexity index is 386. The molecule has 1 rings (SSSR count). The second-order valence-electron chi connectivity index (χ2n) is 2.96. The third-order valence-electron chi connectivity index (χ3n) is 1.69. The van der Waals surface area contributed by atoms with Crippen LogP contribution in [0.15, 0.2) is 18.2 Å². The fraction of sp³-hybridized carbons (Fsp3) is 0.222. The largest absolute Gasteiger partial charge is 0.502 e. The molecule has 0 aliphatic heterocycles. The highest BCUT2D eigenvalue weighted by Gasteiger charge is 2.13. The minimum atomic E-state index is -0.682. The number of aromatic hydroxyl groups is 1. The second kappa shape index (κ2) is 3.87. The van der Waals surface area contributed by atoms with Gasteiger partial charge in [-0.15, -0.1) is 0 Å². The van der Waals surface area contributed by atoms with Gasteiger partial charge in [0, 0.05) is 12.5 Å². The monoisotopic (exact) mass is 195 g/mol. The van der Waals surface area contributed by atoms with E-state index in [1.165, 1.54) is 25.1 Å². The molecule has 0 amide bonds. The van der Waals surface area contributed by atoms with E-state index in [0.29, 0.717) is 5.56 Å². The van der Waals surface area contributed by atoms with Gasteiger partial charge in [-0.3, -0.25) is 14.9 Å². The van der Waals surface area contributed by atoms with E-state index in [1.54, 1.807) is 0 Å². The fourth-order valence-corrected chi connectivity index (χ4v) is 1.11. The number of nitrogens with zero attached hydrogens (tertiary/aromatic N) is 1. The van der Waals surface area contributed by atoms with Crippen LogP contribution in [-0.4, -0.2) is 15.8 Å². The molecule has 0 heterocycles. The van der Waals surface area contributed by atoms with Crippen LogP contribution in [-0.2, 0) is 11.2 Å². The van der Waals surface area contributed by atoms with Gasteiger partial charge >= 0.3 is 5.69 Å². The minimum Gasteiger partial charge on any atom is -0.502 e. The fourth-order valence-electron chi connectivity index (χ4n) is 1.11. The molecule has 1 aromatic carbocycles. The highest BCUT2D eigenvalue weighted by Crippen LogP contribution is 2.26. The first kappa shape index (κ1) is 10.2. The van der Waals surface area contributed by atoms with Gasteiger partial charge in [-0.25, -0.2) is 0 Å². The summed E-state index contributed by atoms with van der Waals surface area (Å²) in [5.41, 5.74) is 0.158. The Balaban J connectivity index is 3.06. The molecule has 0 aliphatic rings. The summed E-state index contributed by atoms with van der Waals surface area (Å²) in [6, 6.07) is 3.91. The third-order valence-corrected chi connectivity index (χ3v) is 1.69. The Morgan fingerprint density at radius 3 is 2.71 bits per heavy atom. The highest BCUT2D eigenvalue weighted by molar-refractivity contribution is 5.78. The molecule has 0 bridgehead atoms. The number of benzene rings is 1. The summed E-state index contributed by atoms with van der Waals surface area (Å²) in [7, 11) is 0. The van der Waals surface area contributed by atoms with Crippen LogP contribution in [0.25, 0.3) is 0 Å². The van der Waals surface area contributed by atoms with Gasteiger partial charge in [-0.05, 0) is 18.6 Å². The van der Waals surface area contributed by atoms with Crippen molar-refractivity contribution in [2.75, 3.05) is 0 Å². The van der Waals surface area contributed by atoms with Crippen LogP contribution >= 0.6 is 0 Å². The summed E-state index contributed by atoms with van der Waals surface area (Å²) in [6.45, 7) is 1.40. The minimum absolute atomic E-state index is 0.0787. The van der Waals surface area contributed by atoms with Crippen molar-refractivity contribution in [1.29, 1.82) is 0 Å². The normalized spacial score (nSPS) is 9.79. The summed E-state index contributed by atoms with van der Waals surface area (Å²) < 4.78 is 0.